The molecule has 92 valence electrons. The van der Waals surface area contributed by atoms with Gasteiger partial charge in [-0.2, -0.15) is 0 Å². The van der Waals surface area contributed by atoms with E-state index < -0.39 is 6.10 Å². The summed E-state index contributed by atoms with van der Waals surface area (Å²) in [5, 5.41) is 9.72. The number of aliphatic hydroxyl groups excluding tert-OH is 1. The Labute approximate surface area is 105 Å². The number of hydrogen-bond acceptors (Lipinski definition) is 3. The van der Waals surface area contributed by atoms with Crippen molar-refractivity contribution in [3.05, 3.63) is 59.2 Å². The van der Waals surface area contributed by atoms with Gasteiger partial charge in [-0.05, 0) is 13.3 Å². The molecule has 0 aliphatic heterocycles. The van der Waals surface area contributed by atoms with Gasteiger partial charge in [0.05, 0.1) is 6.10 Å². The van der Waals surface area contributed by atoms with E-state index in [1.165, 1.54) is 6.92 Å². The van der Waals surface area contributed by atoms with Gasteiger partial charge >= 0.3 is 0 Å². The van der Waals surface area contributed by atoms with Gasteiger partial charge in [-0.3, -0.25) is 9.59 Å². The molecular weight excluding hydrogens is 228 g/mol. The summed E-state index contributed by atoms with van der Waals surface area (Å²) in [5.74, 6) is -0.460. The van der Waals surface area contributed by atoms with Crippen molar-refractivity contribution in [3.63, 3.8) is 0 Å². The second-order valence-electron chi connectivity index (χ2n) is 4.26. The Bertz CT molecular complexity index is 565. The highest BCUT2D eigenvalue weighted by atomic mass is 16.3. The molecule has 1 aromatic rings. The van der Waals surface area contributed by atoms with E-state index in [4.69, 9.17) is 0 Å². The molecule has 1 aliphatic carbocycles. The molecular formula is C15H14O3. The SMILES string of the molecule is C=CCC1=C([C@@H](C)O)C(=O)c2ccccc2C1=O. The van der Waals surface area contributed by atoms with E-state index in [1.54, 1.807) is 30.3 Å². The second-order valence-corrected chi connectivity index (χ2v) is 4.26. The molecule has 1 atom stereocenters. The lowest BCUT2D eigenvalue weighted by atomic mass is 9.81. The van der Waals surface area contributed by atoms with Gasteiger partial charge in [0.15, 0.2) is 11.6 Å². The third-order valence-corrected chi connectivity index (χ3v) is 3.03. The number of carbonyl (C=O) groups excluding carboxylic acids is 2. The average molecular weight is 242 g/mol. The minimum atomic E-state index is -0.954. The zero-order valence-electron chi connectivity index (χ0n) is 10.1. The van der Waals surface area contributed by atoms with Gasteiger partial charge in [0.1, 0.15) is 0 Å². The zero-order valence-corrected chi connectivity index (χ0v) is 10.1. The predicted molar refractivity (Wildman–Crippen MR) is 68.6 cm³/mol. The number of fused-ring (bicyclic) bond motifs is 1. The number of carbonyl (C=O) groups is 2. The van der Waals surface area contributed by atoms with Crippen LogP contribution < -0.4 is 0 Å². The first-order chi connectivity index (χ1) is 8.57. The van der Waals surface area contributed by atoms with Gasteiger partial charge in [0, 0.05) is 22.3 Å². The van der Waals surface area contributed by atoms with E-state index >= 15 is 0 Å². The maximum absolute atomic E-state index is 12.3. The summed E-state index contributed by atoms with van der Waals surface area (Å²) in [5.41, 5.74) is 1.32. The van der Waals surface area contributed by atoms with Crippen LogP contribution in [0.15, 0.2) is 48.1 Å². The largest absolute Gasteiger partial charge is 0.389 e. The lowest BCUT2D eigenvalue weighted by Crippen LogP contribution is -2.27. The van der Waals surface area contributed by atoms with Crippen molar-refractivity contribution in [1.29, 1.82) is 0 Å². The van der Waals surface area contributed by atoms with Crippen LogP contribution in [0.1, 0.15) is 34.1 Å². The van der Waals surface area contributed by atoms with E-state index in [0.29, 0.717) is 23.1 Å². The van der Waals surface area contributed by atoms with Crippen LogP contribution >= 0.6 is 0 Å². The Balaban J connectivity index is 2.67. The predicted octanol–water partition coefficient (Wildman–Crippen LogP) is 2.32. The van der Waals surface area contributed by atoms with Gasteiger partial charge in [0.2, 0.25) is 0 Å². The molecule has 1 aromatic carbocycles. The molecule has 0 amide bonds. The van der Waals surface area contributed by atoms with Gasteiger partial charge in [-0.25, -0.2) is 0 Å². The van der Waals surface area contributed by atoms with E-state index in [1.807, 2.05) is 0 Å². The lowest BCUT2D eigenvalue weighted by Gasteiger charge is -2.22. The molecule has 0 saturated heterocycles. The fourth-order valence-electron chi connectivity index (χ4n) is 2.23. The van der Waals surface area contributed by atoms with Gasteiger partial charge in [0.25, 0.3) is 0 Å². The van der Waals surface area contributed by atoms with Gasteiger partial charge in [-0.15, -0.1) is 6.58 Å². The average Bonchev–Trinajstić information content (AvgIpc) is 2.35. The molecule has 0 bridgehead atoms. The van der Waals surface area contributed by atoms with Crippen LogP contribution in [-0.2, 0) is 0 Å². The lowest BCUT2D eigenvalue weighted by molar-refractivity contribution is 0.0942. The summed E-state index contributed by atoms with van der Waals surface area (Å²) >= 11 is 0. The molecule has 1 N–H and O–H groups in total. The second kappa shape index (κ2) is 4.70. The van der Waals surface area contributed by atoms with Crippen LogP contribution in [0.4, 0.5) is 0 Å². The van der Waals surface area contributed by atoms with E-state index in [-0.39, 0.29) is 17.1 Å². The molecule has 0 heterocycles. The molecule has 0 radical (unpaired) electrons. The third kappa shape index (κ3) is 1.83. The Hall–Kier alpha value is -2.00. The number of hydrogen-bond donors (Lipinski definition) is 1. The molecule has 1 aliphatic rings. The molecule has 0 fully saturated rings. The highest BCUT2D eigenvalue weighted by Crippen LogP contribution is 2.29. The monoisotopic (exact) mass is 242 g/mol. The van der Waals surface area contributed by atoms with Crippen LogP contribution in [0.5, 0.6) is 0 Å². The first kappa shape index (κ1) is 12.5. The number of ketones is 2. The standard InChI is InChI=1S/C15H14O3/c1-3-6-12-13(9(2)16)15(18)11-8-5-4-7-10(11)14(12)17/h3-5,7-9,16H,1,6H2,2H3/t9-/m1/s1. The van der Waals surface area contributed by atoms with E-state index in [2.05, 4.69) is 6.58 Å². The highest BCUT2D eigenvalue weighted by Gasteiger charge is 2.32. The Morgan fingerprint density at radius 3 is 2.28 bits per heavy atom. The van der Waals surface area contributed by atoms with Crippen molar-refractivity contribution in [2.45, 2.75) is 19.4 Å². The number of rotatable bonds is 3. The summed E-state index contributed by atoms with van der Waals surface area (Å²) in [6.45, 7) is 5.08. The fourth-order valence-corrected chi connectivity index (χ4v) is 2.23. The Morgan fingerprint density at radius 1 is 1.22 bits per heavy atom. The summed E-state index contributed by atoms with van der Waals surface area (Å²) in [4.78, 5) is 24.6. The molecule has 0 saturated carbocycles. The summed E-state index contributed by atoms with van der Waals surface area (Å²) in [6.07, 6.45) is 0.903. The first-order valence-electron chi connectivity index (χ1n) is 5.78. The van der Waals surface area contributed by atoms with Crippen LogP contribution in [-0.4, -0.2) is 22.8 Å². The molecule has 0 unspecified atom stereocenters. The quantitative estimate of drug-likeness (QED) is 0.827. The van der Waals surface area contributed by atoms with Crippen LogP contribution in [0.2, 0.25) is 0 Å². The number of benzene rings is 1. The maximum Gasteiger partial charge on any atom is 0.192 e. The number of aliphatic hydroxyl groups is 1. The summed E-state index contributed by atoms with van der Waals surface area (Å²) < 4.78 is 0. The van der Waals surface area contributed by atoms with Gasteiger partial charge in [-0.1, -0.05) is 30.3 Å². The van der Waals surface area contributed by atoms with Crippen LogP contribution in [0.25, 0.3) is 0 Å². The van der Waals surface area contributed by atoms with Crippen molar-refractivity contribution in [1.82, 2.24) is 0 Å². The topological polar surface area (TPSA) is 54.4 Å². The fraction of sp³-hybridized carbons (Fsp3) is 0.200. The summed E-state index contributed by atoms with van der Waals surface area (Å²) in [7, 11) is 0. The smallest absolute Gasteiger partial charge is 0.192 e. The highest BCUT2D eigenvalue weighted by molar-refractivity contribution is 6.27. The minimum Gasteiger partial charge on any atom is -0.389 e. The Kier molecular flexibility index (Phi) is 3.26. The third-order valence-electron chi connectivity index (χ3n) is 3.03. The number of Topliss-reactive ketones (excluding diaryl/α,β-unsaturated/α-hetero) is 2. The van der Waals surface area contributed by atoms with Crippen molar-refractivity contribution in [2.75, 3.05) is 0 Å². The first-order valence-corrected chi connectivity index (χ1v) is 5.78. The van der Waals surface area contributed by atoms with Gasteiger partial charge < -0.3 is 5.11 Å². The normalized spacial score (nSPS) is 16.6. The van der Waals surface area contributed by atoms with Crippen molar-refractivity contribution >= 4 is 11.6 Å². The molecule has 0 spiro atoms. The molecule has 3 nitrogen and oxygen atoms in total. The molecule has 2 rings (SSSR count). The van der Waals surface area contributed by atoms with E-state index in [9.17, 15) is 14.7 Å². The molecule has 3 heteroatoms. The summed E-state index contributed by atoms with van der Waals surface area (Å²) in [6, 6.07) is 6.69. The Morgan fingerprint density at radius 2 is 1.78 bits per heavy atom. The van der Waals surface area contributed by atoms with Crippen LogP contribution in [0.3, 0.4) is 0 Å². The zero-order chi connectivity index (χ0) is 13.3. The van der Waals surface area contributed by atoms with Crippen LogP contribution in [0, 0.1) is 0 Å². The van der Waals surface area contributed by atoms with E-state index in [0.717, 1.165) is 0 Å². The van der Waals surface area contributed by atoms with Crippen molar-refractivity contribution in [2.24, 2.45) is 0 Å². The van der Waals surface area contributed by atoms with Crippen molar-refractivity contribution in [3.8, 4) is 0 Å². The minimum absolute atomic E-state index is 0.193. The molecule has 18 heavy (non-hydrogen) atoms. The van der Waals surface area contributed by atoms with Crippen molar-refractivity contribution < 1.29 is 14.7 Å². The maximum atomic E-state index is 12.3. The molecule has 0 aromatic heterocycles. The number of allylic oxidation sites excluding steroid dienone is 2.